The molecule has 742 valence electrons. The Morgan fingerprint density at radius 2 is 0.727 bits per heavy atom. The molecule has 9 aromatic rings. The van der Waals surface area contributed by atoms with Gasteiger partial charge in [-0.3, -0.25) is 49.0 Å². The van der Waals surface area contributed by atoms with Crippen LogP contribution in [0, 0.1) is 66.8 Å². The normalized spacial score (nSPS) is 11.0. The van der Waals surface area contributed by atoms with Crippen molar-refractivity contribution in [1.82, 2.24) is 0 Å². The Bertz CT molecular complexity index is 5560. The molecule has 0 bridgehead atoms. The molecule has 9 rings (SSSR count). The highest BCUT2D eigenvalue weighted by atomic mass is 79.9. The molecule has 0 aliphatic carbocycles. The first kappa shape index (κ1) is 126. The molecular weight excluding hydrogens is 2160 g/mol. The maximum absolute atomic E-state index is 14.5. The number of non-ortho nitro benzene ring substituents is 2. The van der Waals surface area contributed by atoms with E-state index in [1.807, 2.05) is 19.1 Å². The highest BCUT2D eigenvalue weighted by Gasteiger charge is 2.30. The number of halogens is 13. The van der Waals surface area contributed by atoms with Gasteiger partial charge in [0.25, 0.3) is 17.8 Å². The number of rotatable bonds is 36. The van der Waals surface area contributed by atoms with Crippen molar-refractivity contribution in [3.05, 3.63) is 362 Å². The van der Waals surface area contributed by atoms with Crippen LogP contribution in [-0.4, -0.2) is 91.0 Å². The van der Waals surface area contributed by atoms with Gasteiger partial charge in [-0.1, -0.05) is 137 Å². The first-order valence-corrected chi connectivity index (χ1v) is 45.6. The van der Waals surface area contributed by atoms with Crippen molar-refractivity contribution >= 4 is 157 Å². The molecule has 5 unspecified atom stereocenters. The number of carbonyl (C=O) groups is 6. The van der Waals surface area contributed by atoms with Crippen LogP contribution in [0.3, 0.4) is 0 Å². The lowest BCUT2D eigenvalue weighted by Gasteiger charge is -2.31. The van der Waals surface area contributed by atoms with Crippen LogP contribution >= 0.6 is 79.6 Å². The molecule has 5 atom stereocenters. The largest absolute Gasteiger partial charge is 0.466 e. The molecule has 0 fully saturated rings. The summed E-state index contributed by atoms with van der Waals surface area (Å²) < 4.78 is 134. The molecule has 0 saturated carbocycles. The number of esters is 4. The lowest BCUT2D eigenvalue weighted by molar-refractivity contribution is -0.385. The molecule has 3 N–H and O–H groups in total. The van der Waals surface area contributed by atoms with E-state index in [9.17, 15) is 84.1 Å². The van der Waals surface area contributed by atoms with Gasteiger partial charge in [0.2, 0.25) is 5.91 Å². The maximum Gasteiger partial charge on any atom is 0.373 e. The molecule has 9 aromatic carbocycles. The summed E-state index contributed by atoms with van der Waals surface area (Å²) >= 11 is 15.9. The summed E-state index contributed by atoms with van der Waals surface area (Å²) in [5, 5.41) is 24.6. The molecule has 0 aliphatic rings. The second kappa shape index (κ2) is 69.6. The van der Waals surface area contributed by atoms with E-state index >= 15 is 0 Å². The maximum atomic E-state index is 14.5. The Balaban J connectivity index is 0.00000161. The van der Waals surface area contributed by atoms with Crippen LogP contribution in [0.1, 0.15) is 169 Å². The zero-order chi connectivity index (χ0) is 106. The van der Waals surface area contributed by atoms with Gasteiger partial charge >= 0.3 is 42.3 Å². The minimum atomic E-state index is -0.760. The molecular formula is C101H101Br5F8N4O21. The van der Waals surface area contributed by atoms with Gasteiger partial charge in [0.15, 0.2) is 0 Å². The summed E-state index contributed by atoms with van der Waals surface area (Å²) in [6.45, 7) is 36.1. The van der Waals surface area contributed by atoms with Gasteiger partial charge in [-0.2, -0.15) is 28.8 Å². The summed E-state index contributed by atoms with van der Waals surface area (Å²) in [5.41, 5.74) is 11.1. The average molecular weight is 2260 g/mol. The molecule has 38 heteroatoms. The van der Waals surface area contributed by atoms with E-state index in [0.717, 1.165) is 35.4 Å². The van der Waals surface area contributed by atoms with Gasteiger partial charge < -0.3 is 34.7 Å². The van der Waals surface area contributed by atoms with E-state index < -0.39 is 80.7 Å². The topological polar surface area (TPSA) is 375 Å². The number of allylic oxidation sites excluding steroid dienone is 4. The Hall–Kier alpha value is -13.2. The average Bonchev–Trinajstić information content (AvgIpc) is 0.650. The van der Waals surface area contributed by atoms with E-state index in [4.69, 9.17) is 58.2 Å². The molecule has 25 nitrogen and oxygen atoms in total. The standard InChI is InChI=1S/C23H23FN2O5.C19H19FN2O4.C14H18BrF.C13H14BrFO2.C12H14BrFO2.C11H10BrFO2.C6H3BrF2.3CO2/c1-4-7-20(23(28)31-6-3)16-11-15(12-17(24)13-16)19-10-9-18(26(29)30)14-21(19)25-22(27)8-5-2;1-3-5-17(19(23)26-4-2)13-8-12(9-14(20)10-13)16-7-6-15(22(24)25)11-18(16)21;1-4-7-14(5-2,6-3)11-8-12(15)10-13(16)9-11;1-3-5-12(13(16)17-4-2)9-6-10(14)8-11(15)7-9;1-3-11(12(15)16-4-2)8-5-9(13)7-10(14)6-8;1-2-3-11(15-7-14)8-4-9(12)6-10(13)5-8;7-4-1-5(8)3-6(9)2-4;3*2-1-3/h4-5,9-14,20H,1-2,6-8H2,3H3,(H,25,27);3,6-11,17H,1,4-5,21H2,2H3;4,8-10H,1,5-7H2,2-3H3;3,6-8,12H,1,4-5H2,2H3;5-7,11H,3-4H2,1-2H3;2,4-7,11H,1,3H2;1-3H;;;. The van der Waals surface area contributed by atoms with Gasteiger partial charge in [0, 0.05) is 82.4 Å². The first-order valence-electron chi connectivity index (χ1n) is 41.6. The van der Waals surface area contributed by atoms with Crippen molar-refractivity contribution in [2.24, 2.45) is 0 Å². The summed E-state index contributed by atoms with van der Waals surface area (Å²) in [6.07, 6.45) is 14.8. The van der Waals surface area contributed by atoms with Crippen molar-refractivity contribution < 1.29 is 126 Å². The Morgan fingerprint density at radius 1 is 0.410 bits per heavy atom. The van der Waals surface area contributed by atoms with Crippen LogP contribution in [0.15, 0.2) is 262 Å². The Kier molecular flexibility index (Phi) is 63.0. The number of hydrogen-bond donors (Lipinski definition) is 2. The predicted molar refractivity (Wildman–Crippen MR) is 524 cm³/mol. The SMILES string of the molecule is C=CCC(=O)Nc1cc([N+](=O)[O-])ccc1-c1cc(F)cc(C(CC=C)C(=O)OCC)c1.C=CCC(C(=O)OCC)c1cc(F)cc(-c2ccc([N+](=O)[O-])cc2N)c1.C=CCC(C(=O)OCC)c1cc(F)cc(Br)c1.C=CCC(CC)(CC)c1cc(F)cc(Br)c1.C=CCC(OC=O)c1cc(F)cc(Br)c1.CCOC(=O)C(CC)c1cc(F)cc(Br)c1.Fc1cc(F)cc(Br)c1.O=C=O.O=C=O.O=C=O. The molecule has 0 aliphatic heterocycles. The van der Waals surface area contributed by atoms with Crippen molar-refractivity contribution in [3.63, 3.8) is 0 Å². The molecule has 0 heterocycles. The fraction of sp³-hybridized carbons (Fsp3) is 0.257. The number of carbonyl (C=O) groups excluding carboxylic acids is 12. The summed E-state index contributed by atoms with van der Waals surface area (Å²) in [5.74, 6) is -8.00. The number of nitrogens with one attached hydrogen (secondary N) is 1. The van der Waals surface area contributed by atoms with E-state index in [0.29, 0.717) is 107 Å². The summed E-state index contributed by atoms with van der Waals surface area (Å²) in [4.78, 5) is 140. The molecule has 0 aromatic heterocycles. The van der Waals surface area contributed by atoms with Crippen molar-refractivity contribution in [2.45, 2.75) is 141 Å². The number of ether oxygens (including phenoxy) is 5. The van der Waals surface area contributed by atoms with Crippen LogP contribution in [-0.2, 0) is 86.6 Å². The van der Waals surface area contributed by atoms with Crippen LogP contribution in [0.5, 0.6) is 0 Å². The molecule has 1 amide bonds. The van der Waals surface area contributed by atoms with E-state index in [-0.39, 0.29) is 114 Å². The van der Waals surface area contributed by atoms with Gasteiger partial charge in [0.05, 0.1) is 65.6 Å². The third kappa shape index (κ3) is 46.7. The number of benzene rings is 9. The second-order valence-corrected chi connectivity index (χ2v) is 32.7. The quantitative estimate of drug-likeness (QED) is 0.00538. The van der Waals surface area contributed by atoms with Crippen molar-refractivity contribution in [3.8, 4) is 22.3 Å². The minimum absolute atomic E-state index is 0.000794. The number of hydrogen-bond acceptors (Lipinski definition) is 22. The van der Waals surface area contributed by atoms with E-state index in [1.165, 1.54) is 121 Å². The monoisotopic (exact) mass is 2250 g/mol. The van der Waals surface area contributed by atoms with Crippen LogP contribution < -0.4 is 11.1 Å². The van der Waals surface area contributed by atoms with Gasteiger partial charge in [0.1, 0.15) is 52.6 Å². The highest BCUT2D eigenvalue weighted by Crippen LogP contribution is 2.40. The molecule has 0 radical (unpaired) electrons. The number of nitro benzene ring substituents is 2. The first-order chi connectivity index (χ1) is 66.0. The fourth-order valence-corrected chi connectivity index (χ4v) is 15.2. The van der Waals surface area contributed by atoms with Crippen LogP contribution in [0.4, 0.5) is 57.9 Å². The van der Waals surface area contributed by atoms with Crippen LogP contribution in [0.25, 0.3) is 22.3 Å². The lowest BCUT2D eigenvalue weighted by atomic mass is 9.73. The Morgan fingerprint density at radius 3 is 1.05 bits per heavy atom. The number of anilines is 2. The van der Waals surface area contributed by atoms with E-state index in [1.54, 1.807) is 88.4 Å². The minimum Gasteiger partial charge on any atom is -0.466 e. The Labute approximate surface area is 840 Å². The number of nitro groups is 2. The van der Waals surface area contributed by atoms with Crippen molar-refractivity contribution in [1.29, 1.82) is 0 Å². The predicted octanol–water partition coefficient (Wildman–Crippen LogP) is 26.4. The molecule has 139 heavy (non-hydrogen) atoms. The summed E-state index contributed by atoms with van der Waals surface area (Å²) in [7, 11) is 0. The number of nitrogen functional groups attached to an aromatic ring is 1. The van der Waals surface area contributed by atoms with Crippen molar-refractivity contribution in [2.75, 3.05) is 37.5 Å². The lowest BCUT2D eigenvalue weighted by Crippen LogP contribution is -2.23. The third-order valence-electron chi connectivity index (χ3n) is 18.9. The van der Waals surface area contributed by atoms with Gasteiger partial charge in [-0.15, -0.1) is 39.5 Å². The smallest absolute Gasteiger partial charge is 0.373 e. The van der Waals surface area contributed by atoms with E-state index in [2.05, 4.69) is 138 Å². The molecule has 0 saturated heterocycles. The zero-order valence-electron chi connectivity index (χ0n) is 76.4. The third-order valence-corrected chi connectivity index (χ3v) is 21.1. The number of nitrogens with two attached hydrogens (primary N) is 1. The highest BCUT2D eigenvalue weighted by molar-refractivity contribution is 9.11. The van der Waals surface area contributed by atoms with Gasteiger partial charge in [-0.25, -0.2) is 35.1 Å². The number of amides is 1. The fourth-order valence-electron chi connectivity index (χ4n) is 12.8. The molecule has 0 spiro atoms. The zero-order valence-corrected chi connectivity index (χ0v) is 84.3. The number of nitrogens with zero attached hydrogens (tertiary/aromatic N) is 2. The van der Waals surface area contributed by atoms with Crippen LogP contribution in [0.2, 0.25) is 0 Å². The summed E-state index contributed by atoms with van der Waals surface area (Å²) in [6, 6.07) is 37.7. The second-order valence-electron chi connectivity index (χ2n) is 28.1. The van der Waals surface area contributed by atoms with Gasteiger partial charge in [-0.05, 0) is 256 Å².